The number of carbonyl (C=O) groups is 1. The molecule has 2 rings (SSSR count). The van der Waals surface area contributed by atoms with Gasteiger partial charge in [0.2, 0.25) is 5.91 Å². The first kappa shape index (κ1) is 23.6. The Hall–Kier alpha value is -2.72. The van der Waals surface area contributed by atoms with Gasteiger partial charge in [-0.15, -0.1) is 0 Å². The first-order chi connectivity index (χ1) is 14.0. The highest BCUT2D eigenvalue weighted by molar-refractivity contribution is 6.31. The number of halogens is 4. The van der Waals surface area contributed by atoms with Crippen LogP contribution in [-0.2, 0) is 17.5 Å². The van der Waals surface area contributed by atoms with Crippen LogP contribution in [0.15, 0.2) is 42.5 Å². The van der Waals surface area contributed by atoms with Crippen molar-refractivity contribution in [3.05, 3.63) is 64.2 Å². The van der Waals surface area contributed by atoms with Crippen molar-refractivity contribution in [3.8, 4) is 6.07 Å². The molecule has 160 valence electrons. The summed E-state index contributed by atoms with van der Waals surface area (Å²) in [5.74, 6) is -0.442. The molecule has 1 amide bonds. The maximum absolute atomic E-state index is 13.6. The van der Waals surface area contributed by atoms with Crippen molar-refractivity contribution in [3.63, 3.8) is 0 Å². The van der Waals surface area contributed by atoms with Gasteiger partial charge in [0.05, 0.1) is 17.2 Å². The van der Waals surface area contributed by atoms with Crippen molar-refractivity contribution < 1.29 is 18.0 Å². The van der Waals surface area contributed by atoms with Crippen LogP contribution in [0.3, 0.4) is 0 Å². The summed E-state index contributed by atoms with van der Waals surface area (Å²) in [6.45, 7) is 3.80. The van der Waals surface area contributed by atoms with Gasteiger partial charge >= 0.3 is 6.18 Å². The molecular weight excluding hydrogens is 415 g/mol. The van der Waals surface area contributed by atoms with Crippen LogP contribution in [0.4, 0.5) is 18.9 Å². The van der Waals surface area contributed by atoms with Gasteiger partial charge in [-0.05, 0) is 35.7 Å². The number of benzene rings is 2. The maximum Gasteiger partial charge on any atom is 0.417 e. The van der Waals surface area contributed by atoms with Crippen molar-refractivity contribution in [1.82, 2.24) is 4.90 Å². The van der Waals surface area contributed by atoms with Crippen molar-refractivity contribution in [1.29, 1.82) is 5.26 Å². The van der Waals surface area contributed by atoms with E-state index in [1.54, 1.807) is 49.3 Å². The zero-order valence-corrected chi connectivity index (χ0v) is 17.9. The normalized spacial score (nSPS) is 12.4. The highest BCUT2D eigenvalue weighted by Gasteiger charge is 2.36. The van der Waals surface area contributed by atoms with E-state index in [-0.39, 0.29) is 24.1 Å². The minimum absolute atomic E-state index is 0.130. The fraction of sp³-hybridized carbons (Fsp3) is 0.364. The van der Waals surface area contributed by atoms with Gasteiger partial charge in [0.15, 0.2) is 0 Å². The van der Waals surface area contributed by atoms with E-state index in [1.807, 2.05) is 13.8 Å². The molecule has 8 heteroatoms. The van der Waals surface area contributed by atoms with Crippen LogP contribution in [0, 0.1) is 17.2 Å². The summed E-state index contributed by atoms with van der Waals surface area (Å²) in [7, 11) is 3.20. The summed E-state index contributed by atoms with van der Waals surface area (Å²) in [4.78, 5) is 16.0. The van der Waals surface area contributed by atoms with E-state index in [9.17, 15) is 18.0 Å². The first-order valence-electron chi connectivity index (χ1n) is 9.30. The lowest BCUT2D eigenvalue weighted by atomic mass is 9.98. The van der Waals surface area contributed by atoms with Gasteiger partial charge < -0.3 is 9.80 Å². The second kappa shape index (κ2) is 9.40. The van der Waals surface area contributed by atoms with Gasteiger partial charge in [-0.2, -0.15) is 18.4 Å². The molecule has 0 radical (unpaired) electrons. The van der Waals surface area contributed by atoms with Crippen LogP contribution >= 0.6 is 11.6 Å². The summed E-state index contributed by atoms with van der Waals surface area (Å²) >= 11 is 6.29. The molecule has 0 spiro atoms. The molecule has 0 aromatic heterocycles. The van der Waals surface area contributed by atoms with Gasteiger partial charge in [-0.25, -0.2) is 0 Å². The van der Waals surface area contributed by atoms with Gasteiger partial charge in [-0.1, -0.05) is 43.6 Å². The second-order valence-electron chi connectivity index (χ2n) is 7.48. The highest BCUT2D eigenvalue weighted by atomic mass is 35.5. The van der Waals surface area contributed by atoms with Gasteiger partial charge in [0, 0.05) is 31.4 Å². The molecule has 0 aliphatic rings. The lowest BCUT2D eigenvalue weighted by molar-refractivity contribution is -0.137. The Bertz CT molecular complexity index is 951. The molecule has 0 fully saturated rings. The Balaban J connectivity index is 2.68. The molecule has 4 nitrogen and oxygen atoms in total. The Morgan fingerprint density at radius 1 is 1.17 bits per heavy atom. The van der Waals surface area contributed by atoms with Crippen molar-refractivity contribution in [2.24, 2.45) is 5.92 Å². The molecule has 2 aromatic carbocycles. The van der Waals surface area contributed by atoms with E-state index in [0.717, 1.165) is 12.1 Å². The third-order valence-electron chi connectivity index (χ3n) is 4.72. The Labute approximate surface area is 179 Å². The third kappa shape index (κ3) is 5.25. The predicted octanol–water partition coefficient (Wildman–Crippen LogP) is 5.35. The molecule has 0 aliphatic carbocycles. The van der Waals surface area contributed by atoms with Crippen LogP contribution in [0.2, 0.25) is 5.02 Å². The molecule has 0 saturated carbocycles. The largest absolute Gasteiger partial charge is 0.417 e. The third-order valence-corrected chi connectivity index (χ3v) is 5.09. The minimum atomic E-state index is -4.70. The smallest absolute Gasteiger partial charge is 0.355 e. The van der Waals surface area contributed by atoms with Crippen LogP contribution in [0.5, 0.6) is 0 Å². The van der Waals surface area contributed by atoms with Crippen molar-refractivity contribution >= 4 is 23.2 Å². The number of anilines is 1. The fourth-order valence-electron chi connectivity index (χ4n) is 3.25. The van der Waals surface area contributed by atoms with Crippen LogP contribution < -0.4 is 4.90 Å². The summed E-state index contributed by atoms with van der Waals surface area (Å²) in [6, 6.07) is 11.3. The molecule has 0 aliphatic heterocycles. The number of nitriles is 1. The van der Waals surface area contributed by atoms with E-state index < -0.39 is 23.3 Å². The number of rotatable bonds is 6. The van der Waals surface area contributed by atoms with Gasteiger partial charge in [0.25, 0.3) is 0 Å². The fourth-order valence-corrected chi connectivity index (χ4v) is 3.44. The van der Waals surface area contributed by atoms with Crippen LogP contribution in [-0.4, -0.2) is 30.9 Å². The van der Waals surface area contributed by atoms with E-state index >= 15 is 0 Å². The molecular formula is C22H23ClF3N3O. The monoisotopic (exact) mass is 437 g/mol. The Morgan fingerprint density at radius 2 is 1.80 bits per heavy atom. The molecule has 0 N–H and O–H groups in total. The second-order valence-corrected chi connectivity index (χ2v) is 7.89. The average molecular weight is 438 g/mol. The van der Waals surface area contributed by atoms with E-state index in [1.165, 1.54) is 11.0 Å². The molecule has 30 heavy (non-hydrogen) atoms. The Morgan fingerprint density at radius 3 is 2.30 bits per heavy atom. The summed E-state index contributed by atoms with van der Waals surface area (Å²) in [6.07, 6.45) is -4.70. The van der Waals surface area contributed by atoms with Crippen molar-refractivity contribution in [2.45, 2.75) is 32.6 Å². The lowest BCUT2D eigenvalue weighted by Gasteiger charge is -2.37. The van der Waals surface area contributed by atoms with Crippen LogP contribution in [0.1, 0.15) is 30.5 Å². The molecule has 0 saturated heterocycles. The molecule has 2 aromatic rings. The number of amides is 1. The average Bonchev–Trinajstić information content (AvgIpc) is 2.67. The lowest BCUT2D eigenvalue weighted by Crippen LogP contribution is -2.49. The molecule has 1 atom stereocenters. The SMILES string of the molecule is CC(C)[C@@H](C(=O)N(C)C)N(Cc1ccccc1Cl)c1ccc(C#N)c(C(F)(F)F)c1. The highest BCUT2D eigenvalue weighted by Crippen LogP contribution is 2.36. The molecule has 0 heterocycles. The molecule has 0 bridgehead atoms. The van der Waals surface area contributed by atoms with Crippen LogP contribution in [0.25, 0.3) is 0 Å². The van der Waals surface area contributed by atoms with Gasteiger partial charge in [-0.3, -0.25) is 4.79 Å². The quantitative estimate of drug-likeness (QED) is 0.612. The standard InChI is InChI=1S/C22H23ClF3N3O/c1-14(2)20(21(30)28(3)4)29(13-16-7-5-6-8-19(16)23)17-10-9-15(12-27)18(11-17)22(24,25)26/h5-11,14,20H,13H2,1-4H3/t20-/m0/s1. The number of alkyl halides is 3. The van der Waals surface area contributed by atoms with E-state index in [2.05, 4.69) is 0 Å². The zero-order valence-electron chi connectivity index (χ0n) is 17.2. The number of hydrogen-bond donors (Lipinski definition) is 0. The zero-order chi connectivity index (χ0) is 22.6. The minimum Gasteiger partial charge on any atom is -0.355 e. The van der Waals surface area contributed by atoms with Gasteiger partial charge in [0.1, 0.15) is 6.04 Å². The maximum atomic E-state index is 13.6. The van der Waals surface area contributed by atoms with E-state index in [4.69, 9.17) is 16.9 Å². The van der Waals surface area contributed by atoms with E-state index in [0.29, 0.717) is 10.6 Å². The predicted molar refractivity (Wildman–Crippen MR) is 111 cm³/mol. The number of likely N-dealkylation sites (N-methyl/N-ethyl adjacent to an activating group) is 1. The summed E-state index contributed by atoms with van der Waals surface area (Å²) in [5, 5.41) is 9.55. The topological polar surface area (TPSA) is 47.3 Å². The Kier molecular flexibility index (Phi) is 7.38. The number of carbonyl (C=O) groups excluding carboxylic acids is 1. The van der Waals surface area contributed by atoms with Crippen molar-refractivity contribution in [2.75, 3.05) is 19.0 Å². The number of nitrogens with zero attached hydrogens (tertiary/aromatic N) is 3. The molecule has 0 unspecified atom stereocenters. The number of hydrogen-bond acceptors (Lipinski definition) is 3. The summed E-state index contributed by atoms with van der Waals surface area (Å²) in [5.41, 5.74) is -0.639. The summed E-state index contributed by atoms with van der Waals surface area (Å²) < 4.78 is 40.7. The first-order valence-corrected chi connectivity index (χ1v) is 9.67.